The lowest BCUT2D eigenvalue weighted by Crippen LogP contribution is -2.36. The third-order valence-corrected chi connectivity index (χ3v) is 6.48. The van der Waals surface area contributed by atoms with Crippen molar-refractivity contribution < 1.29 is 19.7 Å². The van der Waals surface area contributed by atoms with Crippen LogP contribution in [0.3, 0.4) is 0 Å². The van der Waals surface area contributed by atoms with Crippen molar-refractivity contribution in [3.05, 3.63) is 40.7 Å². The summed E-state index contributed by atoms with van der Waals surface area (Å²) in [5, 5.41) is 20.3. The highest BCUT2D eigenvalue weighted by molar-refractivity contribution is 5.97. The maximum absolute atomic E-state index is 13.1. The number of likely N-dealkylation sites (tertiary alicyclic amines) is 1. The average molecular weight is 441 g/mol. The molecule has 0 saturated carbocycles. The highest BCUT2D eigenvalue weighted by Gasteiger charge is 2.27. The van der Waals surface area contributed by atoms with Gasteiger partial charge in [0, 0.05) is 37.3 Å². The lowest BCUT2D eigenvalue weighted by Gasteiger charge is -2.29. The molecular formula is C24H32N4O4. The number of phenols is 2. The van der Waals surface area contributed by atoms with Crippen molar-refractivity contribution in [3.63, 3.8) is 0 Å². The zero-order valence-corrected chi connectivity index (χ0v) is 19.0. The molecule has 2 aliphatic rings. The zero-order chi connectivity index (χ0) is 22.8. The Hall–Kier alpha value is -2.87. The fraction of sp³-hybridized carbons (Fsp3) is 0.542. The first-order chi connectivity index (χ1) is 15.3. The molecule has 1 amide bonds. The molecule has 0 aliphatic carbocycles. The second-order valence-electron chi connectivity index (χ2n) is 9.24. The number of carbonyl (C=O) groups excluding carboxylic acids is 1. The Balaban J connectivity index is 1.42. The predicted molar refractivity (Wildman–Crippen MR) is 120 cm³/mol. The number of rotatable bonds is 5. The summed E-state index contributed by atoms with van der Waals surface area (Å²) in [6.45, 7) is 7.56. The number of aromatic hydroxyl groups is 2. The van der Waals surface area contributed by atoms with Crippen LogP contribution in [-0.4, -0.2) is 69.2 Å². The smallest absolute Gasteiger partial charge is 0.316 e. The number of hydrogen-bond donors (Lipinski definition) is 2. The minimum Gasteiger partial charge on any atom is -0.508 e. The van der Waals surface area contributed by atoms with Gasteiger partial charge in [-0.2, -0.15) is 4.98 Å². The molecule has 1 saturated heterocycles. The van der Waals surface area contributed by atoms with E-state index in [-0.39, 0.29) is 28.9 Å². The molecule has 8 heteroatoms. The molecule has 0 atom stereocenters. The Labute approximate surface area is 188 Å². The molecule has 1 fully saturated rings. The number of phenolic OH excluding ortho intramolecular Hbond substituents is 2. The highest BCUT2D eigenvalue weighted by Crippen LogP contribution is 2.33. The second kappa shape index (κ2) is 9.32. The third kappa shape index (κ3) is 4.80. The van der Waals surface area contributed by atoms with Crippen LogP contribution >= 0.6 is 0 Å². The van der Waals surface area contributed by atoms with Crippen LogP contribution in [0.1, 0.15) is 59.8 Å². The van der Waals surface area contributed by atoms with E-state index in [1.807, 2.05) is 13.8 Å². The average Bonchev–Trinajstić information content (AvgIpc) is 2.77. The van der Waals surface area contributed by atoms with E-state index in [1.165, 1.54) is 6.07 Å². The van der Waals surface area contributed by atoms with Crippen molar-refractivity contribution in [1.29, 1.82) is 0 Å². The monoisotopic (exact) mass is 440 g/mol. The topological polar surface area (TPSA) is 99.0 Å². The van der Waals surface area contributed by atoms with Crippen LogP contribution in [0.5, 0.6) is 17.5 Å². The van der Waals surface area contributed by atoms with E-state index >= 15 is 0 Å². The Morgan fingerprint density at radius 3 is 2.66 bits per heavy atom. The van der Waals surface area contributed by atoms with Gasteiger partial charge in [-0.05, 0) is 56.4 Å². The van der Waals surface area contributed by atoms with E-state index in [9.17, 15) is 15.0 Å². The molecule has 1 aromatic heterocycles. The fourth-order valence-corrected chi connectivity index (χ4v) is 4.36. The Morgan fingerprint density at radius 1 is 1.19 bits per heavy atom. The van der Waals surface area contributed by atoms with E-state index in [0.717, 1.165) is 37.2 Å². The van der Waals surface area contributed by atoms with E-state index in [4.69, 9.17) is 4.74 Å². The van der Waals surface area contributed by atoms with Crippen molar-refractivity contribution >= 4 is 5.91 Å². The van der Waals surface area contributed by atoms with E-state index in [2.05, 4.69) is 21.9 Å². The van der Waals surface area contributed by atoms with Crippen molar-refractivity contribution in [2.24, 2.45) is 5.92 Å². The molecule has 32 heavy (non-hydrogen) atoms. The molecule has 0 bridgehead atoms. The number of amides is 1. The lowest BCUT2D eigenvalue weighted by atomic mass is 9.97. The summed E-state index contributed by atoms with van der Waals surface area (Å²) in [6, 6.07) is 3.24. The first-order valence-electron chi connectivity index (χ1n) is 11.3. The van der Waals surface area contributed by atoms with Gasteiger partial charge in [-0.15, -0.1) is 0 Å². The van der Waals surface area contributed by atoms with Gasteiger partial charge in [0.1, 0.15) is 11.5 Å². The quantitative estimate of drug-likeness (QED) is 0.737. The Bertz CT molecular complexity index is 986. The molecule has 0 radical (unpaired) electrons. The van der Waals surface area contributed by atoms with E-state index in [1.54, 1.807) is 17.2 Å². The van der Waals surface area contributed by atoms with Crippen LogP contribution in [0.4, 0.5) is 0 Å². The van der Waals surface area contributed by atoms with Crippen molar-refractivity contribution in [3.8, 4) is 17.5 Å². The van der Waals surface area contributed by atoms with Gasteiger partial charge in [0.2, 0.25) is 0 Å². The molecule has 2 aliphatic heterocycles. The van der Waals surface area contributed by atoms with Crippen molar-refractivity contribution in [1.82, 2.24) is 19.8 Å². The van der Waals surface area contributed by atoms with E-state index in [0.29, 0.717) is 43.6 Å². The third-order valence-electron chi connectivity index (χ3n) is 6.48. The molecule has 1 aromatic carbocycles. The molecule has 2 N–H and O–H groups in total. The second-order valence-corrected chi connectivity index (χ2v) is 9.24. The zero-order valence-electron chi connectivity index (χ0n) is 19.0. The summed E-state index contributed by atoms with van der Waals surface area (Å²) in [4.78, 5) is 26.1. The van der Waals surface area contributed by atoms with Gasteiger partial charge < -0.3 is 24.7 Å². The number of aromatic nitrogens is 2. The van der Waals surface area contributed by atoms with Gasteiger partial charge in [0.05, 0.1) is 17.9 Å². The van der Waals surface area contributed by atoms with Gasteiger partial charge in [0.25, 0.3) is 5.91 Å². The summed E-state index contributed by atoms with van der Waals surface area (Å²) >= 11 is 0. The van der Waals surface area contributed by atoms with Gasteiger partial charge in [-0.1, -0.05) is 13.8 Å². The number of ether oxygens (including phenoxy) is 1. The molecular weight excluding hydrogens is 408 g/mol. The van der Waals surface area contributed by atoms with Crippen LogP contribution < -0.4 is 4.74 Å². The molecule has 0 unspecified atom stereocenters. The minimum absolute atomic E-state index is 0.000726. The van der Waals surface area contributed by atoms with Gasteiger partial charge in [-0.25, -0.2) is 4.98 Å². The summed E-state index contributed by atoms with van der Waals surface area (Å²) in [5.74, 6) is 0.0895. The molecule has 3 heterocycles. The van der Waals surface area contributed by atoms with Crippen LogP contribution in [0.15, 0.2) is 18.3 Å². The first kappa shape index (κ1) is 22.3. The summed E-state index contributed by atoms with van der Waals surface area (Å²) in [5.41, 5.74) is 2.63. The van der Waals surface area contributed by atoms with Gasteiger partial charge in [0.15, 0.2) is 0 Å². The van der Waals surface area contributed by atoms with Gasteiger partial charge in [-0.3, -0.25) is 4.79 Å². The van der Waals surface area contributed by atoms with Gasteiger partial charge >= 0.3 is 6.01 Å². The molecule has 0 spiro atoms. The minimum atomic E-state index is -0.266. The van der Waals surface area contributed by atoms with Crippen molar-refractivity contribution in [2.45, 2.75) is 45.6 Å². The standard InChI is InChI=1S/C24H32N4O4/c1-15(2)18-10-19(22(30)11-21(18)29)23(31)28-9-6-20-17(13-28)12-25-24(26-20)32-14-16-4-7-27(3)8-5-16/h10-12,15-16,29-30H,4-9,13-14H2,1-3H3. The summed E-state index contributed by atoms with van der Waals surface area (Å²) in [6.07, 6.45) is 4.59. The largest absolute Gasteiger partial charge is 0.508 e. The van der Waals surface area contributed by atoms with E-state index < -0.39 is 0 Å². The maximum atomic E-state index is 13.1. The first-order valence-corrected chi connectivity index (χ1v) is 11.3. The summed E-state index contributed by atoms with van der Waals surface area (Å²) < 4.78 is 5.87. The molecule has 8 nitrogen and oxygen atoms in total. The SMILES string of the molecule is CC(C)c1cc(C(=O)N2CCc3nc(OCC4CCN(C)CC4)ncc3C2)c(O)cc1O. The number of piperidine rings is 1. The fourth-order valence-electron chi connectivity index (χ4n) is 4.36. The highest BCUT2D eigenvalue weighted by atomic mass is 16.5. The van der Waals surface area contributed by atoms with Crippen LogP contribution in [-0.2, 0) is 13.0 Å². The number of nitrogens with zero attached hydrogens (tertiary/aromatic N) is 4. The lowest BCUT2D eigenvalue weighted by molar-refractivity contribution is 0.0729. The normalized spacial score (nSPS) is 17.4. The van der Waals surface area contributed by atoms with Crippen molar-refractivity contribution in [2.75, 3.05) is 33.3 Å². The Morgan fingerprint density at radius 2 is 1.94 bits per heavy atom. The number of hydrogen-bond acceptors (Lipinski definition) is 7. The van der Waals surface area contributed by atoms with Crippen LogP contribution in [0.2, 0.25) is 0 Å². The summed E-state index contributed by atoms with van der Waals surface area (Å²) in [7, 11) is 2.14. The number of fused-ring (bicyclic) bond motifs is 1. The molecule has 172 valence electrons. The Kier molecular flexibility index (Phi) is 6.50. The number of carbonyl (C=O) groups is 1. The molecule has 4 rings (SSSR count). The maximum Gasteiger partial charge on any atom is 0.316 e. The van der Waals surface area contributed by atoms with Crippen LogP contribution in [0.25, 0.3) is 0 Å². The number of benzene rings is 1. The predicted octanol–water partition coefficient (Wildman–Crippen LogP) is 2.93. The molecule has 2 aromatic rings. The van der Waals surface area contributed by atoms with Crippen LogP contribution in [0, 0.1) is 5.92 Å².